The summed E-state index contributed by atoms with van der Waals surface area (Å²) in [7, 11) is 1.62. The quantitative estimate of drug-likeness (QED) is 0.491. The van der Waals surface area contributed by atoms with Gasteiger partial charge in [0.1, 0.15) is 11.3 Å². The first-order valence-electron chi connectivity index (χ1n) is 10.7. The van der Waals surface area contributed by atoms with Crippen molar-refractivity contribution >= 4 is 11.4 Å². The van der Waals surface area contributed by atoms with Crippen molar-refractivity contribution in [3.8, 4) is 17.0 Å². The topological polar surface area (TPSA) is 77.6 Å². The summed E-state index contributed by atoms with van der Waals surface area (Å²) in [6, 6.07) is 19.2. The van der Waals surface area contributed by atoms with Gasteiger partial charge >= 0.3 is 0 Å². The Kier molecular flexibility index (Phi) is 5.01. The monoisotopic (exact) mass is 428 g/mol. The van der Waals surface area contributed by atoms with Crippen molar-refractivity contribution in [3.05, 3.63) is 89.0 Å². The molecule has 2 aromatic carbocycles. The maximum absolute atomic E-state index is 13.0. The van der Waals surface area contributed by atoms with E-state index in [9.17, 15) is 9.59 Å². The molecule has 1 fully saturated rings. The Morgan fingerprint density at radius 2 is 1.91 bits per heavy atom. The summed E-state index contributed by atoms with van der Waals surface area (Å²) in [5, 5.41) is 7.54. The van der Waals surface area contributed by atoms with Crippen LogP contribution in [0.25, 0.3) is 16.8 Å². The van der Waals surface area contributed by atoms with Crippen LogP contribution in [-0.2, 0) is 16.8 Å². The fourth-order valence-electron chi connectivity index (χ4n) is 4.11. The molecule has 1 saturated carbocycles. The number of carbonyl (C=O) groups excluding carboxylic acids is 1. The van der Waals surface area contributed by atoms with Crippen molar-refractivity contribution in [2.24, 2.45) is 0 Å². The molecule has 7 nitrogen and oxygen atoms in total. The minimum atomic E-state index is -0.409. The molecule has 5 rings (SSSR count). The number of amides is 1. The van der Waals surface area contributed by atoms with Crippen molar-refractivity contribution in [1.82, 2.24) is 19.5 Å². The smallest absolute Gasteiger partial charge is 0.276 e. The number of nitrogens with one attached hydrogen (secondary N) is 1. The lowest BCUT2D eigenvalue weighted by Crippen LogP contribution is -2.37. The van der Waals surface area contributed by atoms with Crippen LogP contribution in [0.15, 0.2) is 77.9 Å². The lowest BCUT2D eigenvalue weighted by Gasteiger charge is -2.16. The molecule has 0 bridgehead atoms. The van der Waals surface area contributed by atoms with Crippen LogP contribution < -0.4 is 15.6 Å². The summed E-state index contributed by atoms with van der Waals surface area (Å²) in [6.45, 7) is 0.784. The van der Waals surface area contributed by atoms with Crippen LogP contribution in [-0.4, -0.2) is 33.7 Å². The zero-order valence-corrected chi connectivity index (χ0v) is 17.8. The molecular formula is C25H24N4O3. The molecule has 1 amide bonds. The number of rotatable bonds is 7. The standard InChI is InChI=1S/C25H24N4O3/c1-32-20-9-5-6-18(16-20)21-17-22-23(30)28(14-15-29(22)27-21)13-12-26-24(31)25(10-11-25)19-7-3-2-4-8-19/h2-9,14-17H,10-13H2,1H3,(H,26,31). The number of hydrogen-bond acceptors (Lipinski definition) is 4. The molecule has 1 N–H and O–H groups in total. The van der Waals surface area contributed by atoms with Crippen LogP contribution in [0, 0.1) is 0 Å². The summed E-state index contributed by atoms with van der Waals surface area (Å²) < 4.78 is 8.47. The Morgan fingerprint density at radius 1 is 1.09 bits per heavy atom. The maximum atomic E-state index is 13.0. The van der Waals surface area contributed by atoms with Crippen molar-refractivity contribution in [3.63, 3.8) is 0 Å². The molecule has 2 heterocycles. The van der Waals surface area contributed by atoms with Gasteiger partial charge in [-0.3, -0.25) is 9.59 Å². The molecule has 2 aromatic heterocycles. The zero-order valence-electron chi connectivity index (χ0n) is 17.8. The number of carbonyl (C=O) groups is 1. The number of methoxy groups -OCH3 is 1. The second-order valence-corrected chi connectivity index (χ2v) is 8.09. The molecule has 1 aliphatic carbocycles. The van der Waals surface area contributed by atoms with E-state index in [4.69, 9.17) is 4.74 Å². The van der Waals surface area contributed by atoms with E-state index in [1.165, 1.54) is 0 Å². The minimum absolute atomic E-state index is 0.0301. The number of nitrogens with zero attached hydrogens (tertiary/aromatic N) is 3. The van der Waals surface area contributed by atoms with E-state index in [-0.39, 0.29) is 11.5 Å². The number of aromatic nitrogens is 3. The SMILES string of the molecule is COc1cccc(-c2cc3c(=O)n(CCNC(=O)C4(c5ccccc5)CC4)ccn3n2)c1. The Labute approximate surface area is 185 Å². The van der Waals surface area contributed by atoms with Crippen molar-refractivity contribution in [2.75, 3.05) is 13.7 Å². The van der Waals surface area contributed by atoms with Crippen LogP contribution in [0.3, 0.4) is 0 Å². The molecule has 162 valence electrons. The van der Waals surface area contributed by atoms with Gasteiger partial charge in [-0.25, -0.2) is 4.52 Å². The van der Waals surface area contributed by atoms with Crippen molar-refractivity contribution in [1.29, 1.82) is 0 Å². The highest BCUT2D eigenvalue weighted by atomic mass is 16.5. The Hall–Kier alpha value is -3.87. The first-order chi connectivity index (χ1) is 15.6. The fraction of sp³-hybridized carbons (Fsp3) is 0.240. The summed E-state index contributed by atoms with van der Waals surface area (Å²) in [6.07, 6.45) is 5.18. The number of ether oxygens (including phenoxy) is 1. The van der Waals surface area contributed by atoms with Gasteiger partial charge in [-0.15, -0.1) is 0 Å². The Balaban J connectivity index is 1.30. The number of benzene rings is 2. The second kappa shape index (κ2) is 8.00. The predicted molar refractivity (Wildman–Crippen MR) is 122 cm³/mol. The predicted octanol–water partition coefficient (Wildman–Crippen LogP) is 3.02. The molecule has 4 aromatic rings. The van der Waals surface area contributed by atoms with Gasteiger partial charge in [0.2, 0.25) is 5.91 Å². The molecule has 7 heteroatoms. The highest BCUT2D eigenvalue weighted by molar-refractivity contribution is 5.91. The van der Waals surface area contributed by atoms with E-state index in [2.05, 4.69) is 10.4 Å². The molecule has 32 heavy (non-hydrogen) atoms. The van der Waals surface area contributed by atoms with E-state index in [1.807, 2.05) is 54.6 Å². The van der Waals surface area contributed by atoms with Gasteiger partial charge in [-0.2, -0.15) is 5.10 Å². The summed E-state index contributed by atoms with van der Waals surface area (Å²) in [4.78, 5) is 25.8. The summed E-state index contributed by atoms with van der Waals surface area (Å²) in [5.74, 6) is 0.763. The van der Waals surface area contributed by atoms with Gasteiger partial charge in [0.25, 0.3) is 5.56 Å². The average Bonchev–Trinajstić information content (AvgIpc) is 3.54. The van der Waals surface area contributed by atoms with E-state index in [1.54, 1.807) is 34.7 Å². The van der Waals surface area contributed by atoms with Gasteiger partial charge < -0.3 is 14.6 Å². The lowest BCUT2D eigenvalue weighted by molar-refractivity contribution is -0.123. The van der Waals surface area contributed by atoms with Crippen LogP contribution in [0.2, 0.25) is 0 Å². The average molecular weight is 428 g/mol. The molecular weight excluding hydrogens is 404 g/mol. The molecule has 0 unspecified atom stereocenters. The normalized spacial score (nSPS) is 14.3. The van der Waals surface area contributed by atoms with E-state index in [0.29, 0.717) is 24.3 Å². The van der Waals surface area contributed by atoms with Crippen LogP contribution in [0.5, 0.6) is 5.75 Å². The lowest BCUT2D eigenvalue weighted by atomic mass is 9.95. The largest absolute Gasteiger partial charge is 0.497 e. The third kappa shape index (κ3) is 3.56. The third-order valence-corrected chi connectivity index (χ3v) is 6.12. The molecule has 0 atom stereocenters. The van der Waals surface area contributed by atoms with E-state index < -0.39 is 5.41 Å². The molecule has 0 aliphatic heterocycles. The Bertz CT molecular complexity index is 1340. The van der Waals surface area contributed by atoms with Crippen LogP contribution >= 0.6 is 0 Å². The molecule has 0 saturated heterocycles. The fourth-order valence-corrected chi connectivity index (χ4v) is 4.11. The molecule has 0 radical (unpaired) electrons. The zero-order chi connectivity index (χ0) is 22.1. The maximum Gasteiger partial charge on any atom is 0.276 e. The van der Waals surface area contributed by atoms with Crippen molar-refractivity contribution in [2.45, 2.75) is 24.8 Å². The highest BCUT2D eigenvalue weighted by Gasteiger charge is 2.50. The first kappa shape index (κ1) is 20.1. The van der Waals surface area contributed by atoms with Crippen molar-refractivity contribution < 1.29 is 9.53 Å². The first-order valence-corrected chi connectivity index (χ1v) is 10.7. The number of hydrogen-bond donors (Lipinski definition) is 1. The summed E-state index contributed by atoms with van der Waals surface area (Å²) in [5.41, 5.74) is 2.56. The second-order valence-electron chi connectivity index (χ2n) is 8.09. The van der Waals surface area contributed by atoms with Gasteiger partial charge in [-0.05, 0) is 36.6 Å². The summed E-state index contributed by atoms with van der Waals surface area (Å²) >= 11 is 0. The molecule has 1 aliphatic rings. The van der Waals surface area contributed by atoms with E-state index in [0.717, 1.165) is 29.7 Å². The molecule has 0 spiro atoms. The number of fused-ring (bicyclic) bond motifs is 1. The Morgan fingerprint density at radius 3 is 2.66 bits per heavy atom. The van der Waals surface area contributed by atoms with Gasteiger partial charge in [-0.1, -0.05) is 42.5 Å². The van der Waals surface area contributed by atoms with Crippen LogP contribution in [0.1, 0.15) is 18.4 Å². The van der Waals surface area contributed by atoms with Gasteiger partial charge in [0, 0.05) is 31.0 Å². The van der Waals surface area contributed by atoms with E-state index >= 15 is 0 Å². The third-order valence-electron chi connectivity index (χ3n) is 6.12. The van der Waals surface area contributed by atoms with Gasteiger partial charge in [0.15, 0.2) is 0 Å². The highest BCUT2D eigenvalue weighted by Crippen LogP contribution is 2.48. The van der Waals surface area contributed by atoms with Crippen LogP contribution in [0.4, 0.5) is 0 Å². The van der Waals surface area contributed by atoms with Gasteiger partial charge in [0.05, 0.1) is 18.2 Å². The minimum Gasteiger partial charge on any atom is -0.497 e.